The summed E-state index contributed by atoms with van der Waals surface area (Å²) in [4.78, 5) is 12.6. The number of aliphatic hydroxyl groups excluding tert-OH is 1. The fourth-order valence-electron chi connectivity index (χ4n) is 4.89. The van der Waals surface area contributed by atoms with Gasteiger partial charge in [-0.15, -0.1) is 0 Å². The van der Waals surface area contributed by atoms with Gasteiger partial charge in [0.05, 0.1) is 19.8 Å². The predicted octanol–water partition coefficient (Wildman–Crippen LogP) is 5.39. The topological polar surface area (TPSA) is 95.5 Å². The lowest BCUT2D eigenvalue weighted by Crippen LogP contribution is -2.62. The van der Waals surface area contributed by atoms with E-state index in [0.717, 1.165) is 22.3 Å². The molecule has 1 fully saturated rings. The van der Waals surface area contributed by atoms with Crippen LogP contribution < -0.4 is 5.32 Å². The van der Waals surface area contributed by atoms with Gasteiger partial charge in [-0.25, -0.2) is 4.79 Å². The highest BCUT2D eigenvalue weighted by atomic mass is 16.7. The standard InChI is InChI=1S/C35H37NO7/c37-34-33(41-24-28-17-9-3-10-18-28)32(40-23-27-15-7-2-8-16-27)31(39-22-26-13-5-1-6-14-26)30(43-34)21-36-35(38)42-25-29-19-11-4-12-20-29/h1-20,30-34,37H,21-25H2,(H,36,38)/t30-,31-,32+,33-,34+/m1/s1. The largest absolute Gasteiger partial charge is 0.445 e. The van der Waals surface area contributed by atoms with E-state index < -0.39 is 36.8 Å². The molecule has 0 bridgehead atoms. The number of carbonyl (C=O) groups is 1. The van der Waals surface area contributed by atoms with Crippen molar-refractivity contribution in [2.75, 3.05) is 6.54 Å². The van der Waals surface area contributed by atoms with Crippen LogP contribution in [-0.4, -0.2) is 48.5 Å². The lowest BCUT2D eigenvalue weighted by molar-refractivity contribution is -0.310. The van der Waals surface area contributed by atoms with Gasteiger partial charge < -0.3 is 34.1 Å². The minimum Gasteiger partial charge on any atom is -0.445 e. The van der Waals surface area contributed by atoms with Crippen LogP contribution in [0.15, 0.2) is 121 Å². The maximum absolute atomic E-state index is 12.6. The third-order valence-corrected chi connectivity index (χ3v) is 7.13. The van der Waals surface area contributed by atoms with Crippen molar-refractivity contribution in [2.24, 2.45) is 0 Å². The average Bonchev–Trinajstić information content (AvgIpc) is 3.06. The third kappa shape index (κ3) is 9.22. The highest BCUT2D eigenvalue weighted by molar-refractivity contribution is 5.67. The van der Waals surface area contributed by atoms with E-state index in [1.165, 1.54) is 0 Å². The second-order valence-corrected chi connectivity index (χ2v) is 10.3. The summed E-state index contributed by atoms with van der Waals surface area (Å²) < 4.78 is 30.6. The molecule has 0 aromatic heterocycles. The molecule has 4 aromatic rings. The molecule has 43 heavy (non-hydrogen) atoms. The van der Waals surface area contributed by atoms with Crippen LogP contribution in [0.1, 0.15) is 22.3 Å². The van der Waals surface area contributed by atoms with Crippen LogP contribution >= 0.6 is 0 Å². The number of benzene rings is 4. The Labute approximate surface area is 252 Å². The molecule has 8 heteroatoms. The molecule has 0 saturated carbocycles. The second kappa shape index (κ2) is 16.0. The summed E-state index contributed by atoms with van der Waals surface area (Å²) in [5, 5.41) is 13.9. The molecule has 2 N–H and O–H groups in total. The van der Waals surface area contributed by atoms with Crippen LogP contribution in [0.4, 0.5) is 4.79 Å². The van der Waals surface area contributed by atoms with Crippen LogP contribution in [-0.2, 0) is 50.1 Å². The minimum atomic E-state index is -1.33. The maximum Gasteiger partial charge on any atom is 0.407 e. The number of hydrogen-bond donors (Lipinski definition) is 2. The molecule has 1 amide bonds. The first-order valence-corrected chi connectivity index (χ1v) is 14.4. The molecular formula is C35H37NO7. The van der Waals surface area contributed by atoms with E-state index in [1.807, 2.05) is 121 Å². The summed E-state index contributed by atoms with van der Waals surface area (Å²) in [6.45, 7) is 0.954. The Kier molecular flexibility index (Phi) is 11.3. The van der Waals surface area contributed by atoms with Crippen molar-refractivity contribution in [2.45, 2.75) is 57.1 Å². The zero-order chi connectivity index (χ0) is 29.7. The average molecular weight is 584 g/mol. The van der Waals surface area contributed by atoms with Crippen molar-refractivity contribution in [1.82, 2.24) is 5.32 Å². The molecule has 0 radical (unpaired) electrons. The van der Waals surface area contributed by atoms with E-state index in [-0.39, 0.29) is 33.0 Å². The Morgan fingerprint density at radius 2 is 0.977 bits per heavy atom. The van der Waals surface area contributed by atoms with E-state index in [2.05, 4.69) is 5.32 Å². The molecule has 1 aliphatic heterocycles. The number of alkyl carbamates (subject to hydrolysis) is 1. The van der Waals surface area contributed by atoms with Crippen LogP contribution in [0.5, 0.6) is 0 Å². The Balaban J connectivity index is 1.32. The van der Waals surface area contributed by atoms with Crippen LogP contribution in [0.3, 0.4) is 0 Å². The Morgan fingerprint density at radius 3 is 1.44 bits per heavy atom. The Morgan fingerprint density at radius 1 is 0.581 bits per heavy atom. The SMILES string of the molecule is O=C(NC[C@H]1O[C@H](O)[C@H](OCc2ccccc2)[C@@H](OCc2ccccc2)[C@@H]1OCc1ccccc1)OCc1ccccc1. The third-order valence-electron chi connectivity index (χ3n) is 7.13. The lowest BCUT2D eigenvalue weighted by atomic mass is 9.97. The highest BCUT2D eigenvalue weighted by Crippen LogP contribution is 2.29. The van der Waals surface area contributed by atoms with Gasteiger partial charge in [0.15, 0.2) is 6.29 Å². The molecule has 0 spiro atoms. The number of rotatable bonds is 13. The van der Waals surface area contributed by atoms with Crippen molar-refractivity contribution < 1.29 is 33.6 Å². The van der Waals surface area contributed by atoms with E-state index in [1.54, 1.807) is 0 Å². The molecule has 224 valence electrons. The normalized spacial score (nSPS) is 21.7. The maximum atomic E-state index is 12.6. The van der Waals surface area contributed by atoms with Gasteiger partial charge in [0.2, 0.25) is 0 Å². The van der Waals surface area contributed by atoms with Gasteiger partial charge in [-0.05, 0) is 22.3 Å². The first-order chi connectivity index (χ1) is 21.2. The summed E-state index contributed by atoms with van der Waals surface area (Å²) in [7, 11) is 0. The summed E-state index contributed by atoms with van der Waals surface area (Å²) in [6.07, 6.45) is -4.95. The van der Waals surface area contributed by atoms with Crippen LogP contribution in [0, 0.1) is 0 Å². The quantitative estimate of drug-likeness (QED) is 0.218. The summed E-state index contributed by atoms with van der Waals surface area (Å²) in [6, 6.07) is 38.7. The smallest absolute Gasteiger partial charge is 0.407 e. The number of amides is 1. The lowest BCUT2D eigenvalue weighted by Gasteiger charge is -2.44. The minimum absolute atomic E-state index is 0.0285. The number of nitrogens with one attached hydrogen (secondary N) is 1. The van der Waals surface area contributed by atoms with Crippen LogP contribution in [0.25, 0.3) is 0 Å². The van der Waals surface area contributed by atoms with Crippen molar-refractivity contribution in [3.63, 3.8) is 0 Å². The zero-order valence-corrected chi connectivity index (χ0v) is 23.9. The van der Waals surface area contributed by atoms with Crippen molar-refractivity contribution >= 4 is 6.09 Å². The van der Waals surface area contributed by atoms with E-state index in [4.69, 9.17) is 23.7 Å². The number of aliphatic hydroxyl groups is 1. The molecule has 5 atom stereocenters. The monoisotopic (exact) mass is 583 g/mol. The molecule has 0 aliphatic carbocycles. The zero-order valence-electron chi connectivity index (χ0n) is 23.9. The second-order valence-electron chi connectivity index (χ2n) is 10.3. The Hall–Kier alpha value is -4.05. The first-order valence-electron chi connectivity index (χ1n) is 14.4. The fraction of sp³-hybridized carbons (Fsp3) is 0.286. The van der Waals surface area contributed by atoms with E-state index >= 15 is 0 Å². The number of ether oxygens (including phenoxy) is 5. The van der Waals surface area contributed by atoms with Gasteiger partial charge in [0.1, 0.15) is 31.0 Å². The molecule has 5 rings (SSSR count). The predicted molar refractivity (Wildman–Crippen MR) is 161 cm³/mol. The molecule has 1 saturated heterocycles. The van der Waals surface area contributed by atoms with Gasteiger partial charge in [0.25, 0.3) is 0 Å². The Bertz CT molecular complexity index is 1360. The van der Waals surface area contributed by atoms with Gasteiger partial charge in [-0.3, -0.25) is 0 Å². The molecule has 1 heterocycles. The van der Waals surface area contributed by atoms with Crippen molar-refractivity contribution in [3.05, 3.63) is 144 Å². The van der Waals surface area contributed by atoms with Gasteiger partial charge in [-0.1, -0.05) is 121 Å². The van der Waals surface area contributed by atoms with Crippen molar-refractivity contribution in [3.8, 4) is 0 Å². The van der Waals surface area contributed by atoms with Crippen LogP contribution in [0.2, 0.25) is 0 Å². The number of hydrogen-bond acceptors (Lipinski definition) is 7. The molecular weight excluding hydrogens is 546 g/mol. The first kappa shape index (κ1) is 30.4. The molecule has 8 nitrogen and oxygen atoms in total. The van der Waals surface area contributed by atoms with E-state index in [9.17, 15) is 9.90 Å². The fourth-order valence-corrected chi connectivity index (χ4v) is 4.89. The summed E-state index contributed by atoms with van der Waals surface area (Å²) in [5.74, 6) is 0. The number of carbonyl (C=O) groups excluding carboxylic acids is 1. The highest BCUT2D eigenvalue weighted by Gasteiger charge is 2.48. The molecule has 1 aliphatic rings. The van der Waals surface area contributed by atoms with E-state index in [0.29, 0.717) is 0 Å². The van der Waals surface area contributed by atoms with Gasteiger partial charge in [0, 0.05) is 6.54 Å². The van der Waals surface area contributed by atoms with Crippen molar-refractivity contribution in [1.29, 1.82) is 0 Å². The molecule has 4 aromatic carbocycles. The molecule has 0 unspecified atom stereocenters. The summed E-state index contributed by atoms with van der Waals surface area (Å²) >= 11 is 0. The summed E-state index contributed by atoms with van der Waals surface area (Å²) in [5.41, 5.74) is 3.75. The van der Waals surface area contributed by atoms with Gasteiger partial charge in [-0.2, -0.15) is 0 Å². The van der Waals surface area contributed by atoms with Gasteiger partial charge >= 0.3 is 6.09 Å².